The number of aromatic nitrogens is 1. The summed E-state index contributed by atoms with van der Waals surface area (Å²) in [7, 11) is 0. The molecule has 0 aliphatic rings. The van der Waals surface area contributed by atoms with E-state index in [0.29, 0.717) is 24.1 Å². The Hall–Kier alpha value is -2.40. The van der Waals surface area contributed by atoms with Crippen LogP contribution in [-0.2, 0) is 6.42 Å². The summed E-state index contributed by atoms with van der Waals surface area (Å²) < 4.78 is 0.858. The second-order valence-corrected chi connectivity index (χ2v) is 6.14. The molecular weight excluding hydrogens is 356 g/mol. The van der Waals surface area contributed by atoms with Crippen molar-refractivity contribution in [3.05, 3.63) is 80.6 Å². The maximum atomic E-state index is 12.1. The van der Waals surface area contributed by atoms with E-state index in [1.807, 2.05) is 42.5 Å². The second kappa shape index (κ2) is 6.79. The number of benzene rings is 2. The number of pyridine rings is 1. The average Bonchev–Trinajstić information content (AvgIpc) is 2.55. The molecule has 23 heavy (non-hydrogen) atoms. The van der Waals surface area contributed by atoms with Crippen LogP contribution in [0, 0.1) is 0 Å². The summed E-state index contributed by atoms with van der Waals surface area (Å²) in [4.78, 5) is 27.0. The van der Waals surface area contributed by atoms with Crippen molar-refractivity contribution in [2.75, 3.05) is 6.54 Å². The van der Waals surface area contributed by atoms with E-state index in [9.17, 15) is 9.59 Å². The zero-order chi connectivity index (χ0) is 16.2. The van der Waals surface area contributed by atoms with Gasteiger partial charge < -0.3 is 10.3 Å². The van der Waals surface area contributed by atoms with Crippen LogP contribution in [0.1, 0.15) is 15.9 Å². The van der Waals surface area contributed by atoms with Gasteiger partial charge in [0.25, 0.3) is 11.5 Å². The van der Waals surface area contributed by atoms with E-state index in [1.54, 1.807) is 12.1 Å². The Bertz CT molecular complexity index is 918. The average molecular weight is 371 g/mol. The van der Waals surface area contributed by atoms with E-state index in [1.165, 1.54) is 0 Å². The van der Waals surface area contributed by atoms with Gasteiger partial charge >= 0.3 is 0 Å². The third kappa shape index (κ3) is 3.68. The lowest BCUT2D eigenvalue weighted by Crippen LogP contribution is -2.27. The first-order valence-corrected chi connectivity index (χ1v) is 8.07. The van der Waals surface area contributed by atoms with E-state index in [4.69, 9.17) is 0 Å². The Labute approximate surface area is 141 Å². The van der Waals surface area contributed by atoms with E-state index in [2.05, 4.69) is 26.2 Å². The summed E-state index contributed by atoms with van der Waals surface area (Å²) in [5.74, 6) is -0.150. The van der Waals surface area contributed by atoms with E-state index in [0.717, 1.165) is 15.4 Å². The number of hydrogen-bond acceptors (Lipinski definition) is 2. The highest BCUT2D eigenvalue weighted by Crippen LogP contribution is 2.12. The minimum absolute atomic E-state index is 0.111. The summed E-state index contributed by atoms with van der Waals surface area (Å²) in [6.07, 6.45) is 0.486. The first kappa shape index (κ1) is 15.5. The van der Waals surface area contributed by atoms with Crippen molar-refractivity contribution in [3.8, 4) is 0 Å². The van der Waals surface area contributed by atoms with Crippen molar-refractivity contribution in [2.45, 2.75) is 6.42 Å². The molecule has 3 aromatic rings. The lowest BCUT2D eigenvalue weighted by atomic mass is 10.1. The van der Waals surface area contributed by atoms with Gasteiger partial charge in [0.2, 0.25) is 0 Å². The SMILES string of the molecule is O=C(NCCc1cc2ccccc2[nH]c1=O)c1cccc(Br)c1. The van der Waals surface area contributed by atoms with Gasteiger partial charge in [-0.25, -0.2) is 0 Å². The first-order chi connectivity index (χ1) is 11.1. The number of hydrogen-bond donors (Lipinski definition) is 2. The van der Waals surface area contributed by atoms with Gasteiger partial charge in [-0.05, 0) is 42.1 Å². The molecule has 0 bridgehead atoms. The molecule has 4 nitrogen and oxygen atoms in total. The van der Waals surface area contributed by atoms with Gasteiger partial charge in [-0.3, -0.25) is 9.59 Å². The Morgan fingerprint density at radius 2 is 1.91 bits per heavy atom. The number of nitrogens with one attached hydrogen (secondary N) is 2. The summed E-state index contributed by atoms with van der Waals surface area (Å²) in [6, 6.07) is 16.7. The van der Waals surface area contributed by atoms with Crippen LogP contribution in [0.3, 0.4) is 0 Å². The molecule has 0 saturated carbocycles. The van der Waals surface area contributed by atoms with Crippen molar-refractivity contribution < 1.29 is 4.79 Å². The first-order valence-electron chi connectivity index (χ1n) is 7.28. The van der Waals surface area contributed by atoms with Crippen molar-refractivity contribution in [3.63, 3.8) is 0 Å². The van der Waals surface area contributed by atoms with Gasteiger partial charge in [-0.1, -0.05) is 40.2 Å². The van der Waals surface area contributed by atoms with Gasteiger partial charge in [-0.2, -0.15) is 0 Å². The molecule has 0 atom stereocenters. The lowest BCUT2D eigenvalue weighted by Gasteiger charge is -2.06. The van der Waals surface area contributed by atoms with E-state index in [-0.39, 0.29) is 11.5 Å². The molecule has 3 rings (SSSR count). The van der Waals surface area contributed by atoms with E-state index >= 15 is 0 Å². The van der Waals surface area contributed by atoms with Crippen LogP contribution in [0.25, 0.3) is 10.9 Å². The van der Waals surface area contributed by atoms with Crippen LogP contribution < -0.4 is 10.9 Å². The molecule has 1 aromatic heterocycles. The molecule has 0 saturated heterocycles. The summed E-state index contributed by atoms with van der Waals surface area (Å²) in [5, 5.41) is 3.82. The molecule has 2 N–H and O–H groups in total. The van der Waals surface area contributed by atoms with Gasteiger partial charge in [0.15, 0.2) is 0 Å². The standard InChI is InChI=1S/C18H15BrN2O2/c19-15-6-3-5-13(11-15)17(22)20-9-8-14-10-12-4-1-2-7-16(12)21-18(14)23/h1-7,10-11H,8-9H2,(H,20,22)(H,21,23). The largest absolute Gasteiger partial charge is 0.352 e. The van der Waals surface area contributed by atoms with Crippen molar-refractivity contribution in [1.82, 2.24) is 10.3 Å². The highest BCUT2D eigenvalue weighted by molar-refractivity contribution is 9.10. The Kier molecular flexibility index (Phi) is 4.57. The summed E-state index contributed by atoms with van der Waals surface area (Å²) in [5.41, 5.74) is 1.96. The number of aromatic amines is 1. The van der Waals surface area contributed by atoms with Crippen LogP contribution >= 0.6 is 15.9 Å². The van der Waals surface area contributed by atoms with Gasteiger partial charge in [-0.15, -0.1) is 0 Å². The van der Waals surface area contributed by atoms with Gasteiger partial charge in [0.1, 0.15) is 0 Å². The van der Waals surface area contributed by atoms with Crippen LogP contribution in [0.5, 0.6) is 0 Å². The van der Waals surface area contributed by atoms with Crippen molar-refractivity contribution >= 4 is 32.7 Å². The quantitative estimate of drug-likeness (QED) is 0.740. The molecule has 0 unspecified atom stereocenters. The normalized spacial score (nSPS) is 10.7. The van der Waals surface area contributed by atoms with Crippen LogP contribution in [0.15, 0.2) is 63.9 Å². The fourth-order valence-corrected chi connectivity index (χ4v) is 2.82. The molecule has 0 aliphatic carbocycles. The molecule has 1 amide bonds. The van der Waals surface area contributed by atoms with Crippen molar-refractivity contribution in [1.29, 1.82) is 0 Å². The maximum Gasteiger partial charge on any atom is 0.251 e. The third-order valence-electron chi connectivity index (χ3n) is 3.60. The fourth-order valence-electron chi connectivity index (χ4n) is 2.42. The number of carbonyl (C=O) groups is 1. The topological polar surface area (TPSA) is 62.0 Å². The Morgan fingerprint density at radius 1 is 1.09 bits per heavy atom. The van der Waals surface area contributed by atoms with Crippen LogP contribution in [-0.4, -0.2) is 17.4 Å². The summed E-state index contributed by atoms with van der Waals surface area (Å²) in [6.45, 7) is 0.409. The third-order valence-corrected chi connectivity index (χ3v) is 4.09. The Morgan fingerprint density at radius 3 is 2.74 bits per heavy atom. The number of rotatable bonds is 4. The maximum absolute atomic E-state index is 12.1. The number of H-pyrrole nitrogens is 1. The zero-order valence-corrected chi connectivity index (χ0v) is 13.9. The van der Waals surface area contributed by atoms with Gasteiger partial charge in [0.05, 0.1) is 0 Å². The smallest absolute Gasteiger partial charge is 0.251 e. The molecular formula is C18H15BrN2O2. The van der Waals surface area contributed by atoms with Crippen LogP contribution in [0.2, 0.25) is 0 Å². The summed E-state index contributed by atoms with van der Waals surface area (Å²) >= 11 is 3.34. The fraction of sp³-hybridized carbons (Fsp3) is 0.111. The molecule has 5 heteroatoms. The predicted molar refractivity (Wildman–Crippen MR) is 94.7 cm³/mol. The second-order valence-electron chi connectivity index (χ2n) is 5.23. The number of halogens is 1. The minimum atomic E-state index is -0.150. The highest BCUT2D eigenvalue weighted by atomic mass is 79.9. The van der Waals surface area contributed by atoms with Crippen molar-refractivity contribution in [2.24, 2.45) is 0 Å². The molecule has 1 heterocycles. The minimum Gasteiger partial charge on any atom is -0.352 e. The molecule has 0 spiro atoms. The number of carbonyl (C=O) groups excluding carboxylic acids is 1. The number of amides is 1. The lowest BCUT2D eigenvalue weighted by molar-refractivity contribution is 0.0954. The molecule has 116 valence electrons. The number of fused-ring (bicyclic) bond motifs is 1. The van der Waals surface area contributed by atoms with E-state index < -0.39 is 0 Å². The number of para-hydroxylation sites is 1. The molecule has 0 aliphatic heterocycles. The highest BCUT2D eigenvalue weighted by Gasteiger charge is 2.07. The molecule has 0 fully saturated rings. The van der Waals surface area contributed by atoms with Crippen LogP contribution in [0.4, 0.5) is 0 Å². The monoisotopic (exact) mass is 370 g/mol. The Balaban J connectivity index is 1.68. The zero-order valence-electron chi connectivity index (χ0n) is 12.3. The van der Waals surface area contributed by atoms with Gasteiger partial charge in [0, 0.05) is 27.7 Å². The predicted octanol–water partition coefficient (Wildman–Crippen LogP) is 3.26. The molecule has 0 radical (unpaired) electrons. The molecule has 2 aromatic carbocycles.